The molecule has 0 heterocycles. The first-order valence-electron chi connectivity index (χ1n) is 3.60. The van der Waals surface area contributed by atoms with Gasteiger partial charge in [-0.2, -0.15) is 0 Å². The Balaban J connectivity index is 2.95. The smallest absolute Gasteiger partial charge is 0.308 e. The van der Waals surface area contributed by atoms with E-state index < -0.39 is 5.97 Å². The maximum atomic E-state index is 10.6. The molecule has 0 aliphatic heterocycles. The maximum absolute atomic E-state index is 10.6. The lowest BCUT2D eigenvalue weighted by Gasteiger charge is -2.02. The van der Waals surface area contributed by atoms with Crippen molar-refractivity contribution in [1.29, 1.82) is 0 Å². The van der Waals surface area contributed by atoms with Gasteiger partial charge < -0.3 is 4.74 Å². The van der Waals surface area contributed by atoms with E-state index in [1.165, 1.54) is 13.0 Å². The number of benzene rings is 1. The van der Waals surface area contributed by atoms with Crippen LogP contribution in [0.3, 0.4) is 0 Å². The van der Waals surface area contributed by atoms with Crippen LogP contribution in [-0.4, -0.2) is 12.3 Å². The molecule has 1 aromatic carbocycles. The van der Waals surface area contributed by atoms with Crippen LogP contribution in [0.5, 0.6) is 5.75 Å². The van der Waals surface area contributed by atoms with Crippen molar-refractivity contribution < 1.29 is 14.3 Å². The lowest BCUT2D eigenvalue weighted by molar-refractivity contribution is -0.131. The van der Waals surface area contributed by atoms with Crippen molar-refractivity contribution in [2.45, 2.75) is 11.8 Å². The zero-order chi connectivity index (χ0) is 9.84. The molecule has 0 fully saturated rings. The highest BCUT2D eigenvalue weighted by Crippen LogP contribution is 2.19. The van der Waals surface area contributed by atoms with Crippen LogP contribution >= 0.6 is 12.6 Å². The van der Waals surface area contributed by atoms with Crippen LogP contribution in [-0.2, 0) is 4.79 Å². The van der Waals surface area contributed by atoms with Crippen LogP contribution < -0.4 is 4.74 Å². The van der Waals surface area contributed by atoms with Gasteiger partial charge in [0.15, 0.2) is 6.29 Å². The number of carbonyl (C=O) groups is 2. The Bertz CT molecular complexity index is 347. The third-order valence-corrected chi connectivity index (χ3v) is 1.78. The number of hydrogen-bond acceptors (Lipinski definition) is 4. The summed E-state index contributed by atoms with van der Waals surface area (Å²) in [4.78, 5) is 21.5. The van der Waals surface area contributed by atoms with Crippen molar-refractivity contribution >= 4 is 24.9 Å². The zero-order valence-corrected chi connectivity index (χ0v) is 7.88. The molecule has 0 amide bonds. The highest BCUT2D eigenvalue weighted by molar-refractivity contribution is 7.80. The minimum atomic E-state index is -0.397. The van der Waals surface area contributed by atoms with Gasteiger partial charge in [0, 0.05) is 17.4 Å². The Labute approximate surface area is 81.1 Å². The van der Waals surface area contributed by atoms with Crippen LogP contribution in [0, 0.1) is 0 Å². The van der Waals surface area contributed by atoms with Crippen molar-refractivity contribution in [3.63, 3.8) is 0 Å². The molecule has 0 unspecified atom stereocenters. The lowest BCUT2D eigenvalue weighted by Crippen LogP contribution is -2.01. The molecule has 13 heavy (non-hydrogen) atoms. The largest absolute Gasteiger partial charge is 0.427 e. The number of ether oxygens (including phenoxy) is 1. The zero-order valence-electron chi connectivity index (χ0n) is 6.98. The van der Waals surface area contributed by atoms with Gasteiger partial charge in [-0.3, -0.25) is 9.59 Å². The molecule has 0 N–H and O–H groups in total. The molecule has 1 aromatic rings. The molecule has 0 spiro atoms. The fourth-order valence-electron chi connectivity index (χ4n) is 0.853. The fraction of sp³-hybridized carbons (Fsp3) is 0.111. The third kappa shape index (κ3) is 2.59. The normalized spacial score (nSPS) is 9.38. The Morgan fingerprint density at radius 3 is 2.69 bits per heavy atom. The molecule has 4 heteroatoms. The van der Waals surface area contributed by atoms with Crippen LogP contribution in [0.25, 0.3) is 0 Å². The van der Waals surface area contributed by atoms with Gasteiger partial charge >= 0.3 is 5.97 Å². The molecule has 0 aliphatic rings. The van der Waals surface area contributed by atoms with E-state index in [0.29, 0.717) is 22.5 Å². The second-order valence-corrected chi connectivity index (χ2v) is 2.91. The Hall–Kier alpha value is -1.29. The summed E-state index contributed by atoms with van der Waals surface area (Å²) in [5, 5.41) is 0. The van der Waals surface area contributed by atoms with E-state index in [1.807, 2.05) is 0 Å². The summed E-state index contributed by atoms with van der Waals surface area (Å²) >= 11 is 4.05. The van der Waals surface area contributed by atoms with Crippen molar-refractivity contribution in [2.75, 3.05) is 0 Å². The number of esters is 1. The second kappa shape index (κ2) is 4.09. The van der Waals surface area contributed by atoms with Crippen LogP contribution in [0.2, 0.25) is 0 Å². The van der Waals surface area contributed by atoms with Crippen LogP contribution in [0.15, 0.2) is 23.1 Å². The minimum absolute atomic E-state index is 0.392. The first-order chi connectivity index (χ1) is 6.13. The quantitative estimate of drug-likeness (QED) is 0.339. The monoisotopic (exact) mass is 196 g/mol. The topological polar surface area (TPSA) is 43.4 Å². The average Bonchev–Trinajstić information content (AvgIpc) is 2.03. The Kier molecular flexibility index (Phi) is 3.08. The van der Waals surface area contributed by atoms with Gasteiger partial charge in [-0.25, -0.2) is 0 Å². The maximum Gasteiger partial charge on any atom is 0.308 e. The van der Waals surface area contributed by atoms with Gasteiger partial charge in [0.25, 0.3) is 0 Å². The molecule has 0 aromatic heterocycles. The first kappa shape index (κ1) is 9.80. The van der Waals surface area contributed by atoms with Gasteiger partial charge in [-0.15, -0.1) is 12.6 Å². The molecular weight excluding hydrogens is 188 g/mol. The summed E-state index contributed by atoms with van der Waals surface area (Å²) in [6.45, 7) is 1.31. The predicted octanol–water partition coefficient (Wildman–Crippen LogP) is 1.71. The molecule has 0 saturated heterocycles. The molecule has 1 rings (SSSR count). The van der Waals surface area contributed by atoms with Gasteiger partial charge in [0.1, 0.15) is 5.75 Å². The second-order valence-electron chi connectivity index (χ2n) is 2.43. The summed E-state index contributed by atoms with van der Waals surface area (Å²) in [6.07, 6.45) is 0.694. The third-order valence-electron chi connectivity index (χ3n) is 1.39. The summed E-state index contributed by atoms with van der Waals surface area (Å²) in [7, 11) is 0. The van der Waals surface area contributed by atoms with E-state index in [2.05, 4.69) is 12.6 Å². The standard InChI is InChI=1S/C9H8O3S/c1-6(11)12-8-3-2-7(5-10)9(13)4-8/h2-5,13H,1H3. The van der Waals surface area contributed by atoms with Crippen molar-refractivity contribution in [3.8, 4) is 5.75 Å². The first-order valence-corrected chi connectivity index (χ1v) is 4.05. The highest BCUT2D eigenvalue weighted by atomic mass is 32.1. The number of rotatable bonds is 2. The van der Waals surface area contributed by atoms with Crippen molar-refractivity contribution in [1.82, 2.24) is 0 Å². The number of hydrogen-bond donors (Lipinski definition) is 1. The average molecular weight is 196 g/mol. The van der Waals surface area contributed by atoms with E-state index in [1.54, 1.807) is 12.1 Å². The van der Waals surface area contributed by atoms with E-state index in [0.717, 1.165) is 0 Å². The fourth-order valence-corrected chi connectivity index (χ4v) is 1.11. The highest BCUT2D eigenvalue weighted by Gasteiger charge is 2.01. The molecular formula is C9H8O3S. The van der Waals surface area contributed by atoms with E-state index >= 15 is 0 Å². The molecule has 0 bridgehead atoms. The SMILES string of the molecule is CC(=O)Oc1ccc(C=O)c(S)c1. The molecule has 3 nitrogen and oxygen atoms in total. The molecule has 0 atom stereocenters. The van der Waals surface area contributed by atoms with Gasteiger partial charge in [-0.1, -0.05) is 0 Å². The van der Waals surface area contributed by atoms with Crippen molar-refractivity contribution in [2.24, 2.45) is 0 Å². The lowest BCUT2D eigenvalue weighted by atomic mass is 10.2. The number of aldehydes is 1. The predicted molar refractivity (Wildman–Crippen MR) is 50.4 cm³/mol. The van der Waals surface area contributed by atoms with Gasteiger partial charge in [0.05, 0.1) is 0 Å². The summed E-state index contributed by atoms with van der Waals surface area (Å²) < 4.78 is 4.79. The Morgan fingerprint density at radius 1 is 1.54 bits per heavy atom. The van der Waals surface area contributed by atoms with E-state index in [9.17, 15) is 9.59 Å². The van der Waals surface area contributed by atoms with Gasteiger partial charge in [-0.05, 0) is 18.2 Å². The Morgan fingerprint density at radius 2 is 2.23 bits per heavy atom. The number of carbonyl (C=O) groups excluding carboxylic acids is 2. The summed E-state index contributed by atoms with van der Waals surface area (Å²) in [6, 6.07) is 4.62. The summed E-state index contributed by atoms with van der Waals surface area (Å²) in [5.41, 5.74) is 0.472. The van der Waals surface area contributed by atoms with Crippen LogP contribution in [0.4, 0.5) is 0 Å². The van der Waals surface area contributed by atoms with Crippen LogP contribution in [0.1, 0.15) is 17.3 Å². The molecule has 0 saturated carbocycles. The minimum Gasteiger partial charge on any atom is -0.427 e. The molecule has 0 radical (unpaired) electrons. The van der Waals surface area contributed by atoms with E-state index in [-0.39, 0.29) is 0 Å². The summed E-state index contributed by atoms with van der Waals surface area (Å²) in [5.74, 6) is -0.00492. The molecule has 68 valence electrons. The van der Waals surface area contributed by atoms with Gasteiger partial charge in [0.2, 0.25) is 0 Å². The number of thiol groups is 1. The van der Waals surface area contributed by atoms with Crippen molar-refractivity contribution in [3.05, 3.63) is 23.8 Å². The van der Waals surface area contributed by atoms with E-state index in [4.69, 9.17) is 4.74 Å². The molecule has 0 aliphatic carbocycles.